The molecule has 1 N–H and O–H groups in total. The van der Waals surface area contributed by atoms with Crippen LogP contribution in [-0.4, -0.2) is 33.0 Å². The molecule has 18 heavy (non-hydrogen) atoms. The van der Waals surface area contributed by atoms with Crippen LogP contribution in [-0.2, 0) is 0 Å². The topological polar surface area (TPSA) is 57.7 Å². The van der Waals surface area contributed by atoms with E-state index in [9.17, 15) is 0 Å². The van der Waals surface area contributed by atoms with Gasteiger partial charge in [0, 0.05) is 13.1 Å². The normalized spacial score (nSPS) is 15.9. The van der Waals surface area contributed by atoms with Crippen LogP contribution in [0.1, 0.15) is 26.2 Å². The van der Waals surface area contributed by atoms with Gasteiger partial charge in [-0.2, -0.15) is 9.97 Å². The summed E-state index contributed by atoms with van der Waals surface area (Å²) in [6.07, 6.45) is 5.63. The number of aromatic nitrogens is 4. The zero-order valence-electron chi connectivity index (χ0n) is 10.4. The summed E-state index contributed by atoms with van der Waals surface area (Å²) in [5.74, 6) is 1.66. The summed E-state index contributed by atoms with van der Waals surface area (Å²) in [6.45, 7) is 4.09. The lowest BCUT2D eigenvalue weighted by Crippen LogP contribution is -2.33. The van der Waals surface area contributed by atoms with Crippen LogP contribution in [0.5, 0.6) is 0 Å². The van der Waals surface area contributed by atoms with Crippen molar-refractivity contribution < 1.29 is 0 Å². The van der Waals surface area contributed by atoms with Gasteiger partial charge in [0.2, 0.25) is 5.28 Å². The monoisotopic (exact) mass is 265 g/mol. The Bertz CT molecular complexity index is 548. The van der Waals surface area contributed by atoms with Crippen molar-refractivity contribution in [3.8, 4) is 0 Å². The van der Waals surface area contributed by atoms with Gasteiger partial charge < -0.3 is 9.88 Å². The molecule has 0 atom stereocenters. The Morgan fingerprint density at radius 3 is 2.94 bits per heavy atom. The molecule has 1 fully saturated rings. The fourth-order valence-corrected chi connectivity index (χ4v) is 2.53. The van der Waals surface area contributed by atoms with E-state index in [1.165, 1.54) is 19.3 Å². The van der Waals surface area contributed by atoms with Gasteiger partial charge in [-0.05, 0) is 37.3 Å². The van der Waals surface area contributed by atoms with Gasteiger partial charge in [0.25, 0.3) is 0 Å². The van der Waals surface area contributed by atoms with Crippen LogP contribution in [0, 0.1) is 5.92 Å². The lowest BCUT2D eigenvalue weighted by molar-refractivity contribution is 0.318. The number of hydrogen-bond acceptors (Lipinski definition) is 4. The van der Waals surface area contributed by atoms with E-state index in [4.69, 9.17) is 11.6 Å². The van der Waals surface area contributed by atoms with E-state index in [2.05, 4.69) is 31.8 Å². The standard InChI is InChI=1S/C12H16ClN5/c1-2-18(6-8-4-3-5-8)11-9-10(15-7-14-9)16-12(13)17-11/h7-8H,2-6H2,1H3,(H,14,15,16,17). The van der Waals surface area contributed by atoms with Crippen LogP contribution in [0.25, 0.3) is 11.2 Å². The molecule has 5 nitrogen and oxygen atoms in total. The summed E-state index contributed by atoms with van der Waals surface area (Å²) >= 11 is 5.96. The van der Waals surface area contributed by atoms with E-state index in [1.807, 2.05) is 0 Å². The summed E-state index contributed by atoms with van der Waals surface area (Å²) in [5.41, 5.74) is 1.51. The van der Waals surface area contributed by atoms with Gasteiger partial charge in [-0.25, -0.2) is 4.98 Å². The molecule has 6 heteroatoms. The summed E-state index contributed by atoms with van der Waals surface area (Å²) < 4.78 is 0. The average molecular weight is 266 g/mol. The van der Waals surface area contributed by atoms with Gasteiger partial charge in [-0.1, -0.05) is 6.42 Å². The number of nitrogens with zero attached hydrogens (tertiary/aromatic N) is 4. The van der Waals surface area contributed by atoms with Crippen molar-refractivity contribution in [1.29, 1.82) is 0 Å². The molecule has 2 aromatic heterocycles. The largest absolute Gasteiger partial charge is 0.355 e. The third-order valence-corrected chi connectivity index (χ3v) is 3.79. The van der Waals surface area contributed by atoms with Gasteiger partial charge in [0.1, 0.15) is 5.52 Å². The smallest absolute Gasteiger partial charge is 0.226 e. The Morgan fingerprint density at radius 1 is 1.44 bits per heavy atom. The first-order valence-corrected chi connectivity index (χ1v) is 6.77. The third-order valence-electron chi connectivity index (χ3n) is 3.62. The van der Waals surface area contributed by atoms with Crippen molar-refractivity contribution in [1.82, 2.24) is 19.9 Å². The Hall–Kier alpha value is -1.36. The first kappa shape index (κ1) is 11.7. The molecule has 2 heterocycles. The van der Waals surface area contributed by atoms with Crippen molar-refractivity contribution in [3.63, 3.8) is 0 Å². The predicted octanol–water partition coefficient (Wildman–Crippen LogP) is 2.63. The Labute approximate surface area is 111 Å². The second-order valence-electron chi connectivity index (χ2n) is 4.75. The molecule has 0 saturated heterocycles. The van der Waals surface area contributed by atoms with E-state index in [-0.39, 0.29) is 5.28 Å². The molecular formula is C12H16ClN5. The van der Waals surface area contributed by atoms with Gasteiger partial charge >= 0.3 is 0 Å². The van der Waals surface area contributed by atoms with Crippen LogP contribution in [0.4, 0.5) is 5.82 Å². The van der Waals surface area contributed by atoms with Gasteiger partial charge in [0.05, 0.1) is 6.33 Å². The number of halogens is 1. The summed E-state index contributed by atoms with van der Waals surface area (Å²) in [6, 6.07) is 0. The van der Waals surface area contributed by atoms with Gasteiger partial charge in [-0.3, -0.25) is 0 Å². The maximum Gasteiger partial charge on any atom is 0.226 e. The molecule has 96 valence electrons. The van der Waals surface area contributed by atoms with E-state index < -0.39 is 0 Å². The highest BCUT2D eigenvalue weighted by molar-refractivity contribution is 6.28. The van der Waals surface area contributed by atoms with Crippen molar-refractivity contribution in [3.05, 3.63) is 11.6 Å². The van der Waals surface area contributed by atoms with E-state index >= 15 is 0 Å². The van der Waals surface area contributed by atoms with Crippen LogP contribution in [0.15, 0.2) is 6.33 Å². The fourth-order valence-electron chi connectivity index (χ4n) is 2.37. The number of aromatic amines is 1. The maximum absolute atomic E-state index is 5.96. The van der Waals surface area contributed by atoms with Crippen LogP contribution in [0.3, 0.4) is 0 Å². The molecule has 0 aliphatic heterocycles. The van der Waals surface area contributed by atoms with Crippen molar-refractivity contribution in [2.45, 2.75) is 26.2 Å². The molecule has 1 aliphatic rings. The summed E-state index contributed by atoms with van der Waals surface area (Å²) in [7, 11) is 0. The number of rotatable bonds is 4. The molecule has 0 amide bonds. The average Bonchev–Trinajstić information content (AvgIpc) is 2.75. The summed E-state index contributed by atoms with van der Waals surface area (Å²) in [4.78, 5) is 18.0. The molecule has 1 saturated carbocycles. The zero-order valence-corrected chi connectivity index (χ0v) is 11.1. The van der Waals surface area contributed by atoms with E-state index in [0.29, 0.717) is 5.65 Å². The maximum atomic E-state index is 5.96. The molecule has 1 aliphatic carbocycles. The SMILES string of the molecule is CCN(CC1CCC1)c1nc(Cl)nc2nc[nH]c12. The van der Waals surface area contributed by atoms with Crippen molar-refractivity contribution in [2.75, 3.05) is 18.0 Å². The number of H-pyrrole nitrogens is 1. The van der Waals surface area contributed by atoms with Gasteiger partial charge in [0.15, 0.2) is 11.5 Å². The molecule has 2 aromatic rings. The minimum atomic E-state index is 0.261. The molecule has 0 spiro atoms. The third kappa shape index (κ3) is 2.03. The quantitative estimate of drug-likeness (QED) is 0.864. The molecule has 0 aromatic carbocycles. The molecule has 0 radical (unpaired) electrons. The van der Waals surface area contributed by atoms with E-state index in [0.717, 1.165) is 30.3 Å². The molecular weight excluding hydrogens is 250 g/mol. The molecule has 0 bridgehead atoms. The first-order valence-electron chi connectivity index (χ1n) is 6.39. The predicted molar refractivity (Wildman–Crippen MR) is 71.9 cm³/mol. The minimum absolute atomic E-state index is 0.261. The fraction of sp³-hybridized carbons (Fsp3) is 0.583. The lowest BCUT2D eigenvalue weighted by atomic mass is 9.85. The van der Waals surface area contributed by atoms with Crippen LogP contribution >= 0.6 is 11.6 Å². The number of fused-ring (bicyclic) bond motifs is 1. The van der Waals surface area contributed by atoms with Gasteiger partial charge in [-0.15, -0.1) is 0 Å². The highest BCUT2D eigenvalue weighted by Gasteiger charge is 2.22. The number of nitrogens with one attached hydrogen (secondary N) is 1. The Balaban J connectivity index is 1.96. The van der Waals surface area contributed by atoms with Crippen molar-refractivity contribution in [2.24, 2.45) is 5.92 Å². The first-order chi connectivity index (χ1) is 8.78. The second-order valence-corrected chi connectivity index (χ2v) is 5.09. The molecule has 0 unspecified atom stereocenters. The number of hydrogen-bond donors (Lipinski definition) is 1. The summed E-state index contributed by atoms with van der Waals surface area (Å²) in [5, 5.41) is 0.261. The van der Waals surface area contributed by atoms with Crippen molar-refractivity contribution >= 4 is 28.6 Å². The number of imidazole rings is 1. The lowest BCUT2D eigenvalue weighted by Gasteiger charge is -2.32. The molecule has 3 rings (SSSR count). The van der Waals surface area contributed by atoms with Crippen LogP contribution in [0.2, 0.25) is 5.28 Å². The minimum Gasteiger partial charge on any atom is -0.355 e. The Morgan fingerprint density at radius 2 is 2.28 bits per heavy atom. The number of anilines is 1. The zero-order chi connectivity index (χ0) is 12.5. The Kier molecular flexibility index (Phi) is 3.07. The highest BCUT2D eigenvalue weighted by atomic mass is 35.5. The highest BCUT2D eigenvalue weighted by Crippen LogP contribution is 2.30. The second kappa shape index (κ2) is 4.72. The van der Waals surface area contributed by atoms with E-state index in [1.54, 1.807) is 6.33 Å². The van der Waals surface area contributed by atoms with Crippen LogP contribution < -0.4 is 4.90 Å².